The monoisotopic (exact) mass is 596 g/mol. The first-order valence-corrected chi connectivity index (χ1v) is 14.0. The highest BCUT2D eigenvalue weighted by Gasteiger charge is 2.44. The molecule has 0 bridgehead atoms. The summed E-state index contributed by atoms with van der Waals surface area (Å²) in [6, 6.07) is 17.0. The molecule has 0 radical (unpaired) electrons. The molecule has 216 valence electrons. The maximum atomic E-state index is 13.5. The van der Waals surface area contributed by atoms with Gasteiger partial charge in [-0.2, -0.15) is 18.4 Å². The Kier molecular flexibility index (Phi) is 7.31. The van der Waals surface area contributed by atoms with Crippen LogP contribution in [0.2, 0.25) is 0 Å². The van der Waals surface area contributed by atoms with Gasteiger partial charge in [0.15, 0.2) is 0 Å². The van der Waals surface area contributed by atoms with Gasteiger partial charge in [-0.05, 0) is 54.8 Å². The van der Waals surface area contributed by atoms with Crippen molar-refractivity contribution in [1.82, 2.24) is 20.3 Å². The van der Waals surface area contributed by atoms with Crippen molar-refractivity contribution in [2.45, 2.75) is 42.4 Å². The van der Waals surface area contributed by atoms with E-state index in [4.69, 9.17) is 11.0 Å². The molecule has 0 atom stereocenters. The van der Waals surface area contributed by atoms with E-state index in [2.05, 4.69) is 26.3 Å². The number of carbonyl (C=O) groups excluding carboxylic acids is 1. The van der Waals surface area contributed by atoms with Gasteiger partial charge in [0.2, 0.25) is 16.0 Å². The van der Waals surface area contributed by atoms with Crippen molar-refractivity contribution < 1.29 is 26.4 Å². The Hall–Kier alpha value is -4.65. The first-order valence-electron chi connectivity index (χ1n) is 12.5. The van der Waals surface area contributed by atoms with Gasteiger partial charge in [0, 0.05) is 11.1 Å². The number of rotatable bonds is 8. The molecule has 15 heteroatoms. The normalized spacial score (nSPS) is 14.3. The fourth-order valence-electron chi connectivity index (χ4n) is 4.19. The third kappa shape index (κ3) is 6.46. The van der Waals surface area contributed by atoms with Crippen LogP contribution in [0, 0.1) is 11.3 Å². The summed E-state index contributed by atoms with van der Waals surface area (Å²) in [6.45, 7) is -0.0389. The van der Waals surface area contributed by atoms with Crippen molar-refractivity contribution in [3.8, 4) is 17.3 Å². The van der Waals surface area contributed by atoms with Crippen LogP contribution in [-0.4, -0.2) is 41.0 Å². The number of fused-ring (bicyclic) bond motifs is 1. The number of alkyl halides is 3. The quantitative estimate of drug-likeness (QED) is 0.203. The Labute approximate surface area is 238 Å². The van der Waals surface area contributed by atoms with Gasteiger partial charge in [0.25, 0.3) is 5.91 Å². The molecule has 0 spiro atoms. The number of nitrogens with zero attached hydrogens (tertiary/aromatic N) is 5. The first kappa shape index (κ1) is 28.9. The van der Waals surface area contributed by atoms with Gasteiger partial charge >= 0.3 is 6.18 Å². The summed E-state index contributed by atoms with van der Waals surface area (Å²) in [5, 5.41) is 18.0. The molecule has 1 saturated carbocycles. The van der Waals surface area contributed by atoms with Gasteiger partial charge in [-0.3, -0.25) is 9.80 Å². The molecule has 0 saturated heterocycles. The van der Waals surface area contributed by atoms with Crippen molar-refractivity contribution >= 4 is 32.9 Å². The average molecular weight is 597 g/mol. The van der Waals surface area contributed by atoms with Gasteiger partial charge in [-0.1, -0.05) is 24.3 Å². The van der Waals surface area contributed by atoms with Crippen molar-refractivity contribution in [2.24, 2.45) is 11.0 Å². The van der Waals surface area contributed by atoms with E-state index < -0.39 is 34.1 Å². The SMILES string of the molecule is N#CC1(NC(=O)c2ccc(-c3ccc4nc(N(N)Cc5ccc(S(N)(=O)=O)cc5)nc(CC(F)(F)F)c4n3)cc2)CC1. The number of nitrogens with two attached hydrogens (primary N) is 2. The van der Waals surface area contributed by atoms with E-state index in [-0.39, 0.29) is 34.1 Å². The van der Waals surface area contributed by atoms with Crippen LogP contribution in [0.3, 0.4) is 0 Å². The summed E-state index contributed by atoms with van der Waals surface area (Å²) in [5.74, 6) is 5.52. The Morgan fingerprint density at radius 1 is 1.02 bits per heavy atom. The second-order valence-corrected chi connectivity index (χ2v) is 11.4. The number of sulfonamides is 1. The van der Waals surface area contributed by atoms with Crippen LogP contribution in [0.25, 0.3) is 22.3 Å². The van der Waals surface area contributed by atoms with Crippen molar-refractivity contribution in [3.05, 3.63) is 77.5 Å². The van der Waals surface area contributed by atoms with E-state index in [1.54, 1.807) is 30.3 Å². The van der Waals surface area contributed by atoms with Gasteiger partial charge in [-0.25, -0.2) is 34.4 Å². The van der Waals surface area contributed by atoms with E-state index in [1.165, 1.54) is 30.3 Å². The highest BCUT2D eigenvalue weighted by molar-refractivity contribution is 7.89. The van der Waals surface area contributed by atoms with Crippen molar-refractivity contribution in [3.63, 3.8) is 0 Å². The highest BCUT2D eigenvalue weighted by Crippen LogP contribution is 2.34. The van der Waals surface area contributed by atoms with Crippen LogP contribution in [0.4, 0.5) is 19.1 Å². The molecule has 1 aliphatic rings. The number of carbonyl (C=O) groups is 1. The number of nitriles is 1. The summed E-state index contributed by atoms with van der Waals surface area (Å²) in [6.07, 6.45) is -4.80. The summed E-state index contributed by atoms with van der Waals surface area (Å²) >= 11 is 0. The molecule has 5 rings (SSSR count). The minimum absolute atomic E-state index is 0.0389. The number of hydrogen-bond donors (Lipinski definition) is 3. The molecule has 1 aliphatic carbocycles. The Morgan fingerprint density at radius 3 is 2.26 bits per heavy atom. The minimum atomic E-state index is -4.60. The summed E-state index contributed by atoms with van der Waals surface area (Å²) in [7, 11) is -3.89. The number of hydrogen-bond acceptors (Lipinski definition) is 9. The third-order valence-electron chi connectivity index (χ3n) is 6.59. The van der Waals surface area contributed by atoms with Gasteiger partial charge in [-0.15, -0.1) is 0 Å². The fraction of sp³-hybridized carbons (Fsp3) is 0.222. The molecule has 1 fully saturated rings. The zero-order valence-corrected chi connectivity index (χ0v) is 22.6. The number of amides is 1. The Balaban J connectivity index is 1.43. The second-order valence-electron chi connectivity index (χ2n) is 9.87. The second kappa shape index (κ2) is 10.6. The molecule has 0 unspecified atom stereocenters. The number of halogens is 3. The molecule has 2 heterocycles. The zero-order chi connectivity index (χ0) is 30.3. The maximum absolute atomic E-state index is 13.5. The van der Waals surface area contributed by atoms with Crippen molar-refractivity contribution in [2.75, 3.05) is 5.01 Å². The predicted molar refractivity (Wildman–Crippen MR) is 146 cm³/mol. The van der Waals surface area contributed by atoms with Crippen LogP contribution in [0.15, 0.2) is 65.6 Å². The lowest BCUT2D eigenvalue weighted by Crippen LogP contribution is -2.35. The summed E-state index contributed by atoms with van der Waals surface area (Å²) in [4.78, 5) is 25.2. The van der Waals surface area contributed by atoms with Crippen LogP contribution in [0.5, 0.6) is 0 Å². The minimum Gasteiger partial charge on any atom is -0.334 e. The first-order chi connectivity index (χ1) is 19.7. The molecule has 2 aromatic heterocycles. The standard InChI is InChI=1S/C27H23F3N8O3S/c28-27(29,30)13-22-23-21(35-25(36-22)38(32)14-16-1-7-19(8-2-16)42(33,40)41)10-9-20(34-23)17-3-5-18(6-4-17)24(39)37-26(15-31)11-12-26/h1-10H,11-14,32H2,(H,37,39)(H2,33,40,41). The topological polar surface area (TPSA) is 181 Å². The molecule has 42 heavy (non-hydrogen) atoms. The van der Waals surface area contributed by atoms with Gasteiger partial charge in [0.1, 0.15) is 11.1 Å². The van der Waals surface area contributed by atoms with E-state index in [0.29, 0.717) is 35.2 Å². The lowest BCUT2D eigenvalue weighted by atomic mass is 10.1. The third-order valence-corrected chi connectivity index (χ3v) is 7.52. The summed E-state index contributed by atoms with van der Waals surface area (Å²) in [5.41, 5.74) is 0.610. The van der Waals surface area contributed by atoms with Gasteiger partial charge in [0.05, 0.1) is 40.8 Å². The number of benzene rings is 2. The van der Waals surface area contributed by atoms with Crippen molar-refractivity contribution in [1.29, 1.82) is 5.26 Å². The maximum Gasteiger partial charge on any atom is 0.394 e. The van der Waals surface area contributed by atoms with E-state index in [1.807, 2.05) is 0 Å². The molecule has 4 aromatic rings. The van der Waals surface area contributed by atoms with Crippen LogP contribution in [0.1, 0.15) is 34.5 Å². The number of aromatic nitrogens is 3. The zero-order valence-electron chi connectivity index (χ0n) is 21.8. The number of pyridine rings is 1. The molecule has 5 N–H and O–H groups in total. The van der Waals surface area contributed by atoms with E-state index in [9.17, 15) is 31.6 Å². The van der Waals surface area contributed by atoms with Crippen LogP contribution in [-0.2, 0) is 23.0 Å². The number of hydrazine groups is 1. The molecule has 2 aromatic carbocycles. The Morgan fingerprint density at radius 2 is 1.69 bits per heavy atom. The molecular weight excluding hydrogens is 573 g/mol. The molecule has 0 aliphatic heterocycles. The van der Waals surface area contributed by atoms with Gasteiger partial charge < -0.3 is 5.32 Å². The molecular formula is C27H23F3N8O3S. The van der Waals surface area contributed by atoms with Crippen LogP contribution < -0.4 is 21.3 Å². The number of primary sulfonamides is 1. The predicted octanol–water partition coefficient (Wildman–Crippen LogP) is 3.11. The lowest BCUT2D eigenvalue weighted by Gasteiger charge is -2.19. The molecule has 1 amide bonds. The van der Waals surface area contributed by atoms with E-state index >= 15 is 0 Å². The highest BCUT2D eigenvalue weighted by atomic mass is 32.2. The average Bonchev–Trinajstić information content (AvgIpc) is 3.71. The van der Waals surface area contributed by atoms with E-state index in [0.717, 1.165) is 5.01 Å². The van der Waals surface area contributed by atoms with Crippen LogP contribution >= 0.6 is 0 Å². The fourth-order valence-corrected chi connectivity index (χ4v) is 4.70. The molecule has 11 nitrogen and oxygen atoms in total. The number of anilines is 1. The Bertz CT molecular complexity index is 1820. The summed E-state index contributed by atoms with van der Waals surface area (Å²) < 4.78 is 63.5. The smallest absolute Gasteiger partial charge is 0.334 e. The lowest BCUT2D eigenvalue weighted by molar-refractivity contribution is -0.127. The largest absolute Gasteiger partial charge is 0.394 e. The number of nitrogens with one attached hydrogen (secondary N) is 1.